The number of nitrogens with zero attached hydrogens (tertiary/aromatic N) is 1. The molecule has 1 rings (SSSR count). The van der Waals surface area contributed by atoms with Crippen molar-refractivity contribution in [2.75, 3.05) is 26.8 Å². The molecule has 102 valence electrons. The van der Waals surface area contributed by atoms with Crippen LogP contribution < -0.4 is 0 Å². The van der Waals surface area contributed by atoms with Crippen LogP contribution >= 0.6 is 0 Å². The molecule has 0 spiro atoms. The molecule has 0 aliphatic carbocycles. The van der Waals surface area contributed by atoms with E-state index < -0.39 is 0 Å². The summed E-state index contributed by atoms with van der Waals surface area (Å²) in [6.07, 6.45) is 2.66. The lowest BCUT2D eigenvalue weighted by atomic mass is 9.83. The SMILES string of the molecule is C=C[C@H]1CN(C(=O)OCC)CC[C@H]1CC(=O)OC. The van der Waals surface area contributed by atoms with Gasteiger partial charge in [0.25, 0.3) is 0 Å². The van der Waals surface area contributed by atoms with E-state index in [1.807, 2.05) is 0 Å². The molecule has 5 nitrogen and oxygen atoms in total. The molecule has 1 fully saturated rings. The molecule has 1 aliphatic rings. The predicted octanol–water partition coefficient (Wildman–Crippen LogP) is 1.83. The molecule has 1 amide bonds. The van der Waals surface area contributed by atoms with E-state index in [9.17, 15) is 9.59 Å². The fraction of sp³-hybridized carbons (Fsp3) is 0.692. The van der Waals surface area contributed by atoms with E-state index in [1.54, 1.807) is 17.9 Å². The van der Waals surface area contributed by atoms with E-state index in [-0.39, 0.29) is 23.9 Å². The van der Waals surface area contributed by atoms with Gasteiger partial charge in [0.15, 0.2) is 0 Å². The zero-order valence-electron chi connectivity index (χ0n) is 11.1. The minimum Gasteiger partial charge on any atom is -0.469 e. The van der Waals surface area contributed by atoms with Crippen LogP contribution in [0.25, 0.3) is 0 Å². The average Bonchev–Trinajstić information content (AvgIpc) is 2.39. The highest BCUT2D eigenvalue weighted by atomic mass is 16.6. The van der Waals surface area contributed by atoms with Crippen molar-refractivity contribution in [3.63, 3.8) is 0 Å². The van der Waals surface area contributed by atoms with Crippen LogP contribution in [0.4, 0.5) is 4.79 Å². The van der Waals surface area contributed by atoms with Gasteiger partial charge in [-0.05, 0) is 25.2 Å². The van der Waals surface area contributed by atoms with Crippen molar-refractivity contribution in [1.29, 1.82) is 0 Å². The molecule has 2 atom stereocenters. The van der Waals surface area contributed by atoms with Gasteiger partial charge in [-0.15, -0.1) is 6.58 Å². The fourth-order valence-electron chi connectivity index (χ4n) is 2.23. The van der Waals surface area contributed by atoms with Gasteiger partial charge < -0.3 is 14.4 Å². The predicted molar refractivity (Wildman–Crippen MR) is 67.0 cm³/mol. The molecule has 0 radical (unpaired) electrons. The third-order valence-corrected chi connectivity index (χ3v) is 3.29. The lowest BCUT2D eigenvalue weighted by Gasteiger charge is -2.36. The molecule has 0 aromatic carbocycles. The second-order valence-corrected chi connectivity index (χ2v) is 4.37. The van der Waals surface area contributed by atoms with Crippen LogP contribution in [-0.2, 0) is 14.3 Å². The largest absolute Gasteiger partial charge is 0.469 e. The summed E-state index contributed by atoms with van der Waals surface area (Å²) in [5.41, 5.74) is 0. The van der Waals surface area contributed by atoms with Gasteiger partial charge in [0.05, 0.1) is 13.7 Å². The first-order chi connectivity index (χ1) is 8.62. The topological polar surface area (TPSA) is 55.8 Å². The Morgan fingerprint density at radius 1 is 1.50 bits per heavy atom. The van der Waals surface area contributed by atoms with Crippen molar-refractivity contribution in [1.82, 2.24) is 4.90 Å². The Balaban J connectivity index is 2.56. The number of hydrogen-bond acceptors (Lipinski definition) is 4. The second-order valence-electron chi connectivity index (χ2n) is 4.37. The summed E-state index contributed by atoms with van der Waals surface area (Å²) in [6.45, 7) is 7.11. The van der Waals surface area contributed by atoms with E-state index in [2.05, 4.69) is 11.3 Å². The highest BCUT2D eigenvalue weighted by Gasteiger charge is 2.31. The number of likely N-dealkylation sites (tertiary alicyclic amines) is 1. The van der Waals surface area contributed by atoms with Crippen molar-refractivity contribution in [3.05, 3.63) is 12.7 Å². The third kappa shape index (κ3) is 3.75. The van der Waals surface area contributed by atoms with E-state index >= 15 is 0 Å². The Kier molecular flexibility index (Phi) is 5.68. The molecule has 0 aromatic rings. The van der Waals surface area contributed by atoms with E-state index in [0.29, 0.717) is 26.1 Å². The minimum atomic E-state index is -0.291. The van der Waals surface area contributed by atoms with Gasteiger partial charge in [-0.25, -0.2) is 4.79 Å². The number of methoxy groups -OCH3 is 1. The van der Waals surface area contributed by atoms with Crippen LogP contribution in [0.15, 0.2) is 12.7 Å². The van der Waals surface area contributed by atoms with Crippen molar-refractivity contribution >= 4 is 12.1 Å². The highest BCUT2D eigenvalue weighted by Crippen LogP contribution is 2.28. The molecule has 1 aliphatic heterocycles. The molecule has 0 unspecified atom stereocenters. The van der Waals surface area contributed by atoms with Gasteiger partial charge in [0.2, 0.25) is 0 Å². The van der Waals surface area contributed by atoms with E-state index in [1.165, 1.54) is 7.11 Å². The quantitative estimate of drug-likeness (QED) is 0.568. The number of rotatable bonds is 4. The molecular weight excluding hydrogens is 234 g/mol. The molecular formula is C13H21NO4. The van der Waals surface area contributed by atoms with Crippen LogP contribution in [0.3, 0.4) is 0 Å². The summed E-state index contributed by atoms with van der Waals surface area (Å²) in [6, 6.07) is 0. The highest BCUT2D eigenvalue weighted by molar-refractivity contribution is 5.70. The zero-order chi connectivity index (χ0) is 13.5. The summed E-state index contributed by atoms with van der Waals surface area (Å²) in [5, 5.41) is 0. The Bertz CT molecular complexity index is 316. The Hall–Kier alpha value is -1.52. The standard InChI is InChI=1S/C13H21NO4/c1-4-10-9-14(13(16)18-5-2)7-6-11(10)8-12(15)17-3/h4,10-11H,1,5-9H2,2-3H3/t10-,11-/m0/s1. The number of esters is 1. The van der Waals surface area contributed by atoms with Crippen molar-refractivity contribution < 1.29 is 19.1 Å². The smallest absolute Gasteiger partial charge is 0.409 e. The number of hydrogen-bond donors (Lipinski definition) is 0. The summed E-state index contributed by atoms with van der Waals surface area (Å²) in [5.74, 6) is 0.0966. The molecule has 0 N–H and O–H groups in total. The summed E-state index contributed by atoms with van der Waals surface area (Å²) in [7, 11) is 1.39. The molecule has 1 saturated heterocycles. The minimum absolute atomic E-state index is 0.113. The van der Waals surface area contributed by atoms with Crippen molar-refractivity contribution in [2.24, 2.45) is 11.8 Å². The number of ether oxygens (including phenoxy) is 2. The number of amides is 1. The first-order valence-corrected chi connectivity index (χ1v) is 6.23. The second kappa shape index (κ2) is 7.03. The normalized spacial score (nSPS) is 23.3. The van der Waals surface area contributed by atoms with Gasteiger partial charge in [0, 0.05) is 19.5 Å². The average molecular weight is 255 g/mol. The molecule has 0 bridgehead atoms. The molecule has 18 heavy (non-hydrogen) atoms. The lowest BCUT2D eigenvalue weighted by Crippen LogP contribution is -2.44. The van der Waals surface area contributed by atoms with Crippen molar-refractivity contribution in [3.8, 4) is 0 Å². The van der Waals surface area contributed by atoms with Crippen LogP contribution in [-0.4, -0.2) is 43.8 Å². The zero-order valence-corrected chi connectivity index (χ0v) is 11.1. The van der Waals surface area contributed by atoms with Crippen LogP contribution in [0.1, 0.15) is 19.8 Å². The van der Waals surface area contributed by atoms with Gasteiger partial charge in [-0.1, -0.05) is 6.08 Å². The van der Waals surface area contributed by atoms with Crippen LogP contribution in [0.2, 0.25) is 0 Å². The Morgan fingerprint density at radius 2 is 2.22 bits per heavy atom. The van der Waals surface area contributed by atoms with Gasteiger partial charge in [-0.3, -0.25) is 4.79 Å². The van der Waals surface area contributed by atoms with E-state index in [4.69, 9.17) is 4.74 Å². The fourth-order valence-corrected chi connectivity index (χ4v) is 2.23. The first kappa shape index (κ1) is 14.5. The Labute approximate surface area is 108 Å². The monoisotopic (exact) mass is 255 g/mol. The van der Waals surface area contributed by atoms with Gasteiger partial charge in [-0.2, -0.15) is 0 Å². The summed E-state index contributed by atoms with van der Waals surface area (Å²) < 4.78 is 9.65. The maximum atomic E-state index is 11.6. The van der Waals surface area contributed by atoms with Gasteiger partial charge >= 0.3 is 12.1 Å². The molecule has 0 saturated carbocycles. The van der Waals surface area contributed by atoms with Crippen molar-refractivity contribution in [2.45, 2.75) is 19.8 Å². The summed E-state index contributed by atoms with van der Waals surface area (Å²) in [4.78, 5) is 24.6. The number of carbonyl (C=O) groups is 2. The number of carbonyl (C=O) groups excluding carboxylic acids is 2. The van der Waals surface area contributed by atoms with Crippen LogP contribution in [0, 0.1) is 11.8 Å². The maximum absolute atomic E-state index is 11.6. The third-order valence-electron chi connectivity index (χ3n) is 3.29. The Morgan fingerprint density at radius 3 is 2.78 bits per heavy atom. The molecule has 5 heteroatoms. The first-order valence-electron chi connectivity index (χ1n) is 6.23. The van der Waals surface area contributed by atoms with E-state index in [0.717, 1.165) is 6.42 Å². The molecule has 0 aromatic heterocycles. The number of piperidine rings is 1. The molecule has 1 heterocycles. The van der Waals surface area contributed by atoms with Gasteiger partial charge in [0.1, 0.15) is 0 Å². The summed E-state index contributed by atoms with van der Waals surface area (Å²) >= 11 is 0. The lowest BCUT2D eigenvalue weighted by molar-refractivity contribution is -0.142. The maximum Gasteiger partial charge on any atom is 0.409 e. The van der Waals surface area contributed by atoms with Crippen LogP contribution in [0.5, 0.6) is 0 Å².